The van der Waals surface area contributed by atoms with Crippen molar-refractivity contribution in [3.8, 4) is 0 Å². The molecule has 0 aromatic carbocycles. The summed E-state index contributed by atoms with van der Waals surface area (Å²) >= 11 is 1.91. The summed E-state index contributed by atoms with van der Waals surface area (Å²) in [6.45, 7) is 11.6. The van der Waals surface area contributed by atoms with E-state index in [9.17, 15) is 4.79 Å². The molecule has 0 saturated carbocycles. The lowest BCUT2D eigenvalue weighted by Crippen LogP contribution is -2.47. The molecule has 1 amide bonds. The van der Waals surface area contributed by atoms with E-state index in [2.05, 4.69) is 13.8 Å². The second kappa shape index (κ2) is 4.24. The molecule has 0 unspecified atom stereocenters. The molecular weight excluding hydrogens is 210 g/mol. The number of thioether (sulfide) groups is 1. The van der Waals surface area contributed by atoms with Crippen LogP contribution in [-0.4, -0.2) is 40.2 Å². The van der Waals surface area contributed by atoms with Gasteiger partial charge in [-0.25, -0.2) is 4.79 Å². The molecule has 0 N–H and O–H groups in total. The van der Waals surface area contributed by atoms with Crippen LogP contribution in [0, 0.1) is 0 Å². The van der Waals surface area contributed by atoms with Crippen LogP contribution in [0.25, 0.3) is 0 Å². The largest absolute Gasteiger partial charge is 0.444 e. The number of rotatable bonds is 0. The van der Waals surface area contributed by atoms with Crippen LogP contribution in [0.3, 0.4) is 0 Å². The van der Waals surface area contributed by atoms with E-state index in [4.69, 9.17) is 4.74 Å². The summed E-state index contributed by atoms with van der Waals surface area (Å²) in [7, 11) is 0. The summed E-state index contributed by atoms with van der Waals surface area (Å²) < 4.78 is 5.50. The van der Waals surface area contributed by atoms with E-state index in [0.29, 0.717) is 0 Å². The Morgan fingerprint density at radius 1 is 1.40 bits per heavy atom. The molecule has 0 spiro atoms. The number of hydrogen-bond donors (Lipinski definition) is 0. The Labute approximate surface area is 96.5 Å². The molecule has 15 heavy (non-hydrogen) atoms. The lowest BCUT2D eigenvalue weighted by Gasteiger charge is -2.38. The molecule has 1 rings (SSSR count). The fourth-order valence-electron chi connectivity index (χ4n) is 1.50. The maximum Gasteiger partial charge on any atom is 0.410 e. The molecule has 1 heterocycles. The zero-order chi connectivity index (χ0) is 11.7. The first-order valence-electron chi connectivity index (χ1n) is 5.31. The van der Waals surface area contributed by atoms with Crippen molar-refractivity contribution in [1.82, 2.24) is 4.90 Å². The van der Waals surface area contributed by atoms with E-state index in [1.165, 1.54) is 0 Å². The van der Waals surface area contributed by atoms with Crippen LogP contribution < -0.4 is 0 Å². The highest BCUT2D eigenvalue weighted by Crippen LogP contribution is 2.30. The molecule has 88 valence electrons. The van der Waals surface area contributed by atoms with Crippen LogP contribution in [0.5, 0.6) is 0 Å². The van der Waals surface area contributed by atoms with Crippen molar-refractivity contribution in [2.75, 3.05) is 18.8 Å². The molecule has 1 aliphatic heterocycles. The molecule has 4 heteroatoms. The Hall–Kier alpha value is -0.380. The van der Waals surface area contributed by atoms with Crippen LogP contribution in [0.15, 0.2) is 0 Å². The number of ether oxygens (including phenoxy) is 1. The average molecular weight is 231 g/mol. The Kier molecular flexibility index (Phi) is 3.59. The SMILES string of the molecule is CC(C)(C)OC(=O)N1CCSC(C)(C)C1. The monoisotopic (exact) mass is 231 g/mol. The summed E-state index contributed by atoms with van der Waals surface area (Å²) in [6.07, 6.45) is -0.184. The van der Waals surface area contributed by atoms with Gasteiger partial charge in [0, 0.05) is 23.6 Å². The van der Waals surface area contributed by atoms with E-state index in [1.807, 2.05) is 37.4 Å². The van der Waals surface area contributed by atoms with Gasteiger partial charge in [-0.3, -0.25) is 0 Å². The lowest BCUT2D eigenvalue weighted by atomic mass is 10.2. The summed E-state index contributed by atoms with van der Waals surface area (Å²) in [5.74, 6) is 0.992. The number of amides is 1. The Bertz CT molecular complexity index is 245. The summed E-state index contributed by atoms with van der Waals surface area (Å²) in [4.78, 5) is 13.6. The highest BCUT2D eigenvalue weighted by molar-refractivity contribution is 8.00. The third-order valence-corrected chi connectivity index (χ3v) is 3.37. The molecule has 0 atom stereocenters. The van der Waals surface area contributed by atoms with E-state index in [1.54, 1.807) is 0 Å². The van der Waals surface area contributed by atoms with Gasteiger partial charge in [0.15, 0.2) is 0 Å². The van der Waals surface area contributed by atoms with Crippen LogP contribution in [0.2, 0.25) is 0 Å². The van der Waals surface area contributed by atoms with Crippen molar-refractivity contribution in [2.45, 2.75) is 45.0 Å². The Morgan fingerprint density at radius 3 is 2.47 bits per heavy atom. The van der Waals surface area contributed by atoms with Crippen molar-refractivity contribution in [3.63, 3.8) is 0 Å². The highest BCUT2D eigenvalue weighted by Gasteiger charge is 2.32. The van der Waals surface area contributed by atoms with Gasteiger partial charge in [-0.15, -0.1) is 0 Å². The molecular formula is C11H21NO2S. The highest BCUT2D eigenvalue weighted by atomic mass is 32.2. The average Bonchev–Trinajstić information content (AvgIpc) is 1.99. The Balaban J connectivity index is 2.53. The van der Waals surface area contributed by atoms with Gasteiger partial charge in [-0.2, -0.15) is 11.8 Å². The van der Waals surface area contributed by atoms with Gasteiger partial charge in [0.2, 0.25) is 0 Å². The molecule has 0 aliphatic carbocycles. The third kappa shape index (κ3) is 4.33. The molecule has 1 fully saturated rings. The zero-order valence-electron chi connectivity index (χ0n) is 10.3. The van der Waals surface area contributed by atoms with Crippen molar-refractivity contribution in [3.05, 3.63) is 0 Å². The van der Waals surface area contributed by atoms with Gasteiger partial charge < -0.3 is 9.64 Å². The van der Waals surface area contributed by atoms with E-state index in [-0.39, 0.29) is 10.8 Å². The lowest BCUT2D eigenvalue weighted by molar-refractivity contribution is 0.0242. The number of nitrogens with zero attached hydrogens (tertiary/aromatic N) is 1. The molecule has 0 aromatic rings. The normalized spacial score (nSPS) is 21.3. The maximum atomic E-state index is 11.8. The minimum atomic E-state index is -0.397. The summed E-state index contributed by atoms with van der Waals surface area (Å²) in [5, 5.41) is 0. The fourth-order valence-corrected chi connectivity index (χ4v) is 2.61. The maximum absolute atomic E-state index is 11.8. The zero-order valence-corrected chi connectivity index (χ0v) is 11.1. The quantitative estimate of drug-likeness (QED) is 0.642. The molecule has 3 nitrogen and oxygen atoms in total. The van der Waals surface area contributed by atoms with E-state index >= 15 is 0 Å². The first-order valence-corrected chi connectivity index (χ1v) is 6.30. The number of carbonyl (C=O) groups is 1. The van der Waals surface area contributed by atoms with Gasteiger partial charge in [0.1, 0.15) is 5.60 Å². The van der Waals surface area contributed by atoms with Gasteiger partial charge >= 0.3 is 6.09 Å². The molecule has 0 aromatic heterocycles. The van der Waals surface area contributed by atoms with Gasteiger partial charge in [-0.1, -0.05) is 0 Å². The van der Waals surface area contributed by atoms with Crippen molar-refractivity contribution >= 4 is 17.9 Å². The molecule has 0 bridgehead atoms. The first kappa shape index (κ1) is 12.7. The first-order chi connectivity index (χ1) is 6.70. The van der Waals surface area contributed by atoms with Gasteiger partial charge in [-0.05, 0) is 34.6 Å². The topological polar surface area (TPSA) is 29.5 Å². The molecule has 0 radical (unpaired) electrons. The van der Waals surface area contributed by atoms with Gasteiger partial charge in [0.25, 0.3) is 0 Å². The van der Waals surface area contributed by atoms with E-state index in [0.717, 1.165) is 18.8 Å². The van der Waals surface area contributed by atoms with Crippen LogP contribution in [0.1, 0.15) is 34.6 Å². The van der Waals surface area contributed by atoms with Crippen molar-refractivity contribution in [2.24, 2.45) is 0 Å². The standard InChI is InChI=1S/C11H21NO2S/c1-10(2,3)14-9(13)12-6-7-15-11(4,5)8-12/h6-8H2,1-5H3. The number of hydrogen-bond acceptors (Lipinski definition) is 3. The summed E-state index contributed by atoms with van der Waals surface area (Å²) in [6, 6.07) is 0. The minimum absolute atomic E-state index is 0.148. The summed E-state index contributed by atoms with van der Waals surface area (Å²) in [5.41, 5.74) is -0.397. The second-order valence-electron chi connectivity index (χ2n) is 5.51. The predicted octanol–water partition coefficient (Wildman–Crippen LogP) is 2.75. The van der Waals surface area contributed by atoms with Crippen molar-refractivity contribution < 1.29 is 9.53 Å². The molecule has 1 saturated heterocycles. The fraction of sp³-hybridized carbons (Fsp3) is 0.909. The van der Waals surface area contributed by atoms with Gasteiger partial charge in [0.05, 0.1) is 0 Å². The van der Waals surface area contributed by atoms with Crippen LogP contribution >= 0.6 is 11.8 Å². The van der Waals surface area contributed by atoms with Crippen LogP contribution in [-0.2, 0) is 4.74 Å². The smallest absolute Gasteiger partial charge is 0.410 e. The Morgan fingerprint density at radius 2 is 2.00 bits per heavy atom. The number of carbonyl (C=O) groups excluding carboxylic acids is 1. The predicted molar refractivity (Wildman–Crippen MR) is 64.3 cm³/mol. The third-order valence-electron chi connectivity index (χ3n) is 2.08. The second-order valence-corrected chi connectivity index (χ2v) is 7.31. The van der Waals surface area contributed by atoms with Crippen molar-refractivity contribution in [1.29, 1.82) is 0 Å². The van der Waals surface area contributed by atoms with E-state index < -0.39 is 5.60 Å². The van der Waals surface area contributed by atoms with Crippen LogP contribution in [0.4, 0.5) is 4.79 Å². The minimum Gasteiger partial charge on any atom is -0.444 e. The molecule has 1 aliphatic rings.